The molecule has 35 heavy (non-hydrogen) atoms. The fourth-order valence-corrected chi connectivity index (χ4v) is 8.45. The van der Waals surface area contributed by atoms with E-state index in [9.17, 15) is 18.0 Å². The molecule has 188 valence electrons. The molecule has 3 heterocycles. The van der Waals surface area contributed by atoms with Crippen LogP contribution in [0.3, 0.4) is 0 Å². The van der Waals surface area contributed by atoms with Crippen LogP contribution in [0.2, 0.25) is 0 Å². The maximum absolute atomic E-state index is 15.4. The number of nitrogens with one attached hydrogen (secondary N) is 1. The molecule has 2 aliphatic heterocycles. The van der Waals surface area contributed by atoms with Gasteiger partial charge in [-0.3, -0.25) is 9.59 Å². The Hall–Kier alpha value is -2.88. The fourth-order valence-electron chi connectivity index (χ4n) is 6.06. The third-order valence-corrected chi connectivity index (χ3v) is 9.64. The van der Waals surface area contributed by atoms with E-state index in [2.05, 4.69) is 5.32 Å². The van der Waals surface area contributed by atoms with Crippen LogP contribution in [0.15, 0.2) is 17.0 Å². The second-order valence-electron chi connectivity index (χ2n) is 10.8. The van der Waals surface area contributed by atoms with E-state index >= 15 is 4.39 Å². The predicted molar refractivity (Wildman–Crippen MR) is 130 cm³/mol. The number of carbonyl (C=O) groups excluding carboxylic acids is 2. The predicted octanol–water partition coefficient (Wildman–Crippen LogP) is 2.59. The highest BCUT2D eigenvalue weighted by Crippen LogP contribution is 2.44. The van der Waals surface area contributed by atoms with Gasteiger partial charge in [0, 0.05) is 37.4 Å². The maximum Gasteiger partial charge on any atom is 0.253 e. The molecule has 1 aromatic heterocycles. The van der Waals surface area contributed by atoms with Crippen LogP contribution in [0, 0.1) is 11.2 Å². The Morgan fingerprint density at radius 2 is 1.94 bits per heavy atom. The number of amides is 2. The van der Waals surface area contributed by atoms with Crippen LogP contribution in [0.25, 0.3) is 5.69 Å². The van der Waals surface area contributed by atoms with E-state index in [1.54, 1.807) is 11.0 Å². The summed E-state index contributed by atoms with van der Waals surface area (Å²) < 4.78 is 43.9. The molecule has 2 amide bonds. The van der Waals surface area contributed by atoms with E-state index in [0.717, 1.165) is 17.7 Å². The van der Waals surface area contributed by atoms with E-state index in [4.69, 9.17) is 5.73 Å². The first kappa shape index (κ1) is 23.8. The first-order chi connectivity index (χ1) is 16.4. The zero-order valence-electron chi connectivity index (χ0n) is 20.3. The van der Waals surface area contributed by atoms with Crippen LogP contribution >= 0.6 is 0 Å². The molecule has 0 saturated carbocycles. The molecule has 3 N–H and O–H groups in total. The van der Waals surface area contributed by atoms with Crippen molar-refractivity contribution in [1.29, 1.82) is 0 Å². The number of halogens is 1. The highest BCUT2D eigenvalue weighted by Gasteiger charge is 2.42. The van der Waals surface area contributed by atoms with Gasteiger partial charge < -0.3 is 20.5 Å². The van der Waals surface area contributed by atoms with Crippen molar-refractivity contribution in [2.24, 2.45) is 11.1 Å². The molecule has 1 saturated heterocycles. The van der Waals surface area contributed by atoms with Gasteiger partial charge in [-0.2, -0.15) is 0 Å². The second kappa shape index (κ2) is 8.08. The van der Waals surface area contributed by atoms with E-state index in [-0.39, 0.29) is 29.0 Å². The van der Waals surface area contributed by atoms with Crippen LogP contribution in [-0.4, -0.2) is 54.6 Å². The number of hydrogen-bond donors (Lipinski definition) is 2. The number of aromatic nitrogens is 1. The van der Waals surface area contributed by atoms with E-state index < -0.39 is 27.0 Å². The number of likely N-dealkylation sites (tertiary alicyclic amines) is 1. The van der Waals surface area contributed by atoms with Crippen molar-refractivity contribution in [1.82, 2.24) is 9.47 Å². The molecule has 0 bridgehead atoms. The molecule has 0 unspecified atom stereocenters. The average Bonchev–Trinajstić information content (AvgIpc) is 3.41. The van der Waals surface area contributed by atoms with Crippen molar-refractivity contribution in [2.75, 3.05) is 24.2 Å². The Labute approximate surface area is 204 Å². The zero-order valence-corrected chi connectivity index (χ0v) is 21.1. The minimum atomic E-state index is -3.48. The molecule has 2 aromatic rings. The smallest absolute Gasteiger partial charge is 0.253 e. The quantitative estimate of drug-likeness (QED) is 0.667. The summed E-state index contributed by atoms with van der Waals surface area (Å²) in [5.74, 6) is -1.60. The third kappa shape index (κ3) is 4.01. The molecule has 0 spiro atoms. The van der Waals surface area contributed by atoms with Crippen LogP contribution in [0.5, 0.6) is 0 Å². The minimum absolute atomic E-state index is 0.0392. The van der Waals surface area contributed by atoms with Gasteiger partial charge in [-0.05, 0) is 55.2 Å². The zero-order chi connectivity index (χ0) is 25.3. The molecule has 0 radical (unpaired) electrons. The lowest BCUT2D eigenvalue weighted by Gasteiger charge is -2.31. The van der Waals surface area contributed by atoms with Gasteiger partial charge in [0.15, 0.2) is 9.84 Å². The van der Waals surface area contributed by atoms with Crippen LogP contribution in [-0.2, 0) is 33.9 Å². The van der Waals surface area contributed by atoms with Gasteiger partial charge in [-0.1, -0.05) is 13.8 Å². The van der Waals surface area contributed by atoms with Crippen molar-refractivity contribution < 1.29 is 22.4 Å². The Balaban J connectivity index is 1.66. The van der Waals surface area contributed by atoms with E-state index in [1.807, 2.05) is 18.4 Å². The van der Waals surface area contributed by atoms with Crippen LogP contribution in [0.4, 0.5) is 10.1 Å². The van der Waals surface area contributed by atoms with E-state index in [0.29, 0.717) is 55.0 Å². The largest absolute Gasteiger partial charge is 0.380 e. The molecule has 10 heteroatoms. The number of nitrogens with two attached hydrogens (primary N) is 1. The number of hydrogen-bond acceptors (Lipinski definition) is 5. The maximum atomic E-state index is 15.4. The Kier molecular flexibility index (Phi) is 5.50. The number of benzene rings is 1. The SMILES string of the molecule is CC(=O)N1CC[C@H](Nc2cc(-n3c4c(c5c3CC(C)(C)CS5(=O)=O)CCC4)cc(F)c2C(N)=O)C1. The van der Waals surface area contributed by atoms with E-state index in [1.165, 1.54) is 13.0 Å². The molecular formula is C25H31FN4O4S. The summed E-state index contributed by atoms with van der Waals surface area (Å²) in [5, 5.41) is 3.23. The number of rotatable bonds is 4. The van der Waals surface area contributed by atoms with Crippen LogP contribution in [0.1, 0.15) is 60.9 Å². The minimum Gasteiger partial charge on any atom is -0.380 e. The van der Waals surface area contributed by atoms with Crippen molar-refractivity contribution >= 4 is 27.3 Å². The highest BCUT2D eigenvalue weighted by atomic mass is 32.2. The molecule has 1 fully saturated rings. The van der Waals surface area contributed by atoms with Gasteiger partial charge in [-0.15, -0.1) is 0 Å². The summed E-state index contributed by atoms with van der Waals surface area (Å²) in [6, 6.07) is 2.80. The Bertz CT molecular complexity index is 1360. The van der Waals surface area contributed by atoms with Gasteiger partial charge in [0.05, 0.1) is 27.6 Å². The van der Waals surface area contributed by atoms with Crippen molar-refractivity contribution in [3.63, 3.8) is 0 Å². The Morgan fingerprint density at radius 1 is 1.20 bits per heavy atom. The highest BCUT2D eigenvalue weighted by molar-refractivity contribution is 7.91. The molecular weight excluding hydrogens is 471 g/mol. The van der Waals surface area contributed by atoms with Crippen molar-refractivity contribution in [3.05, 3.63) is 40.5 Å². The van der Waals surface area contributed by atoms with Gasteiger partial charge in [-0.25, -0.2) is 12.8 Å². The summed E-state index contributed by atoms with van der Waals surface area (Å²) in [6.07, 6.45) is 3.43. The number of carbonyl (C=O) groups is 2. The van der Waals surface area contributed by atoms with Gasteiger partial charge in [0.2, 0.25) is 5.91 Å². The third-order valence-electron chi connectivity index (χ3n) is 7.38. The summed E-state index contributed by atoms with van der Waals surface area (Å²) in [5.41, 5.74) is 8.01. The first-order valence-corrected chi connectivity index (χ1v) is 13.7. The van der Waals surface area contributed by atoms with Gasteiger partial charge in [0.1, 0.15) is 5.82 Å². The number of anilines is 1. The topological polar surface area (TPSA) is 114 Å². The number of sulfone groups is 1. The van der Waals surface area contributed by atoms with Gasteiger partial charge >= 0.3 is 0 Å². The molecule has 1 atom stereocenters. The summed E-state index contributed by atoms with van der Waals surface area (Å²) >= 11 is 0. The normalized spacial score (nSPS) is 22.1. The summed E-state index contributed by atoms with van der Waals surface area (Å²) in [7, 11) is -3.48. The number of nitrogens with zero attached hydrogens (tertiary/aromatic N) is 2. The molecule has 5 rings (SSSR count). The molecule has 3 aliphatic rings. The summed E-state index contributed by atoms with van der Waals surface area (Å²) in [6.45, 7) is 6.39. The molecule has 1 aliphatic carbocycles. The lowest BCUT2D eigenvalue weighted by atomic mass is 9.89. The standard InChI is InChI=1S/C25H31FN4O4S/c1-14(31)29-8-7-15(12-29)28-19-10-16(9-18(26)22(19)24(27)32)30-20-6-4-5-17(20)23-21(30)11-25(2,3)13-35(23,33)34/h9-10,15,28H,4-8,11-13H2,1-3H3,(H2,27,32)/t15-/m0/s1. The van der Waals surface area contributed by atoms with Crippen molar-refractivity contribution in [2.45, 2.75) is 63.8 Å². The molecule has 1 aromatic carbocycles. The second-order valence-corrected chi connectivity index (χ2v) is 12.7. The lowest BCUT2D eigenvalue weighted by molar-refractivity contribution is -0.127. The monoisotopic (exact) mass is 502 g/mol. The van der Waals surface area contributed by atoms with Crippen molar-refractivity contribution in [3.8, 4) is 5.69 Å². The summed E-state index contributed by atoms with van der Waals surface area (Å²) in [4.78, 5) is 26.0. The Morgan fingerprint density at radius 3 is 2.60 bits per heavy atom. The first-order valence-electron chi connectivity index (χ1n) is 12.0. The molecule has 8 nitrogen and oxygen atoms in total. The average molecular weight is 503 g/mol. The number of primary amides is 1. The van der Waals surface area contributed by atoms with Gasteiger partial charge in [0.25, 0.3) is 5.91 Å². The fraction of sp³-hybridized carbons (Fsp3) is 0.520. The lowest BCUT2D eigenvalue weighted by Crippen LogP contribution is -2.33. The number of fused-ring (bicyclic) bond motifs is 3. The van der Waals surface area contributed by atoms with Crippen LogP contribution < -0.4 is 11.1 Å².